The smallest absolute Gasteiger partial charge is 0.169 e. The van der Waals surface area contributed by atoms with Crippen molar-refractivity contribution in [3.63, 3.8) is 0 Å². The van der Waals surface area contributed by atoms with Crippen molar-refractivity contribution in [3.8, 4) is 5.75 Å². The standard InChI is InChI=1S/C15H13ClN2O2S/c16-14-12-6-8-21-15(12)18-13(17-14)9-20-11-3-1-10(2-4-11)5-7-19/h1-4,6,8,19H,5,7,9H2. The zero-order chi connectivity index (χ0) is 14.7. The Hall–Kier alpha value is -1.69. The molecule has 0 radical (unpaired) electrons. The molecular weight excluding hydrogens is 308 g/mol. The normalized spacial score (nSPS) is 11.0. The third kappa shape index (κ3) is 3.32. The molecule has 4 nitrogen and oxygen atoms in total. The lowest BCUT2D eigenvalue weighted by Gasteiger charge is -2.06. The molecule has 3 rings (SSSR count). The number of aliphatic hydroxyl groups is 1. The van der Waals surface area contributed by atoms with E-state index in [1.807, 2.05) is 35.7 Å². The average Bonchev–Trinajstić information content (AvgIpc) is 2.96. The number of hydrogen-bond acceptors (Lipinski definition) is 5. The van der Waals surface area contributed by atoms with E-state index < -0.39 is 0 Å². The molecule has 0 spiro atoms. The summed E-state index contributed by atoms with van der Waals surface area (Å²) < 4.78 is 5.66. The van der Waals surface area contributed by atoms with Gasteiger partial charge >= 0.3 is 0 Å². The van der Waals surface area contributed by atoms with E-state index in [0.717, 1.165) is 21.5 Å². The molecule has 0 aliphatic rings. The Balaban J connectivity index is 1.70. The fourth-order valence-electron chi connectivity index (χ4n) is 1.95. The summed E-state index contributed by atoms with van der Waals surface area (Å²) in [6, 6.07) is 9.52. The second kappa shape index (κ2) is 6.39. The molecule has 0 atom stereocenters. The van der Waals surface area contributed by atoms with E-state index in [1.54, 1.807) is 0 Å². The van der Waals surface area contributed by atoms with E-state index in [-0.39, 0.29) is 13.2 Å². The Morgan fingerprint density at radius 2 is 1.95 bits per heavy atom. The zero-order valence-electron chi connectivity index (χ0n) is 11.1. The van der Waals surface area contributed by atoms with Crippen LogP contribution in [0.4, 0.5) is 0 Å². The van der Waals surface area contributed by atoms with Crippen LogP contribution in [0.25, 0.3) is 10.2 Å². The minimum Gasteiger partial charge on any atom is -0.486 e. The van der Waals surface area contributed by atoms with Crippen molar-refractivity contribution in [1.29, 1.82) is 0 Å². The van der Waals surface area contributed by atoms with Crippen LogP contribution in [0.1, 0.15) is 11.4 Å². The highest BCUT2D eigenvalue weighted by Crippen LogP contribution is 2.25. The lowest BCUT2D eigenvalue weighted by atomic mass is 10.1. The van der Waals surface area contributed by atoms with E-state index in [0.29, 0.717) is 17.4 Å². The summed E-state index contributed by atoms with van der Waals surface area (Å²) >= 11 is 7.65. The van der Waals surface area contributed by atoms with Crippen LogP contribution in [-0.4, -0.2) is 21.7 Å². The number of halogens is 1. The maximum absolute atomic E-state index is 8.88. The van der Waals surface area contributed by atoms with Gasteiger partial charge in [-0.1, -0.05) is 23.7 Å². The fraction of sp³-hybridized carbons (Fsp3) is 0.200. The van der Waals surface area contributed by atoms with Crippen LogP contribution in [0.3, 0.4) is 0 Å². The molecule has 0 aliphatic heterocycles. The van der Waals surface area contributed by atoms with E-state index in [2.05, 4.69) is 9.97 Å². The van der Waals surface area contributed by atoms with Gasteiger partial charge in [-0.2, -0.15) is 0 Å². The molecule has 2 aromatic heterocycles. The van der Waals surface area contributed by atoms with Crippen molar-refractivity contribution in [2.24, 2.45) is 0 Å². The van der Waals surface area contributed by atoms with Gasteiger partial charge in [0.1, 0.15) is 22.3 Å². The molecule has 0 saturated heterocycles. The highest BCUT2D eigenvalue weighted by molar-refractivity contribution is 7.16. The summed E-state index contributed by atoms with van der Waals surface area (Å²) in [4.78, 5) is 9.53. The van der Waals surface area contributed by atoms with E-state index in [1.165, 1.54) is 11.3 Å². The quantitative estimate of drug-likeness (QED) is 0.731. The maximum atomic E-state index is 8.88. The summed E-state index contributed by atoms with van der Waals surface area (Å²) in [5, 5.41) is 12.1. The minimum absolute atomic E-state index is 0.146. The minimum atomic E-state index is 0.146. The van der Waals surface area contributed by atoms with Crippen molar-refractivity contribution in [1.82, 2.24) is 9.97 Å². The molecule has 0 amide bonds. The number of nitrogens with zero attached hydrogens (tertiary/aromatic N) is 2. The molecule has 1 aromatic carbocycles. The van der Waals surface area contributed by atoms with Crippen LogP contribution < -0.4 is 4.74 Å². The Kier molecular flexibility index (Phi) is 4.34. The van der Waals surface area contributed by atoms with Crippen LogP contribution >= 0.6 is 22.9 Å². The van der Waals surface area contributed by atoms with Crippen molar-refractivity contribution < 1.29 is 9.84 Å². The number of aromatic nitrogens is 2. The van der Waals surface area contributed by atoms with Crippen molar-refractivity contribution in [2.45, 2.75) is 13.0 Å². The summed E-state index contributed by atoms with van der Waals surface area (Å²) in [7, 11) is 0. The summed E-state index contributed by atoms with van der Waals surface area (Å²) in [6.07, 6.45) is 0.647. The molecule has 0 bridgehead atoms. The monoisotopic (exact) mass is 320 g/mol. The van der Waals surface area contributed by atoms with Gasteiger partial charge in [-0.3, -0.25) is 0 Å². The number of benzene rings is 1. The summed E-state index contributed by atoms with van der Waals surface area (Å²) in [5.41, 5.74) is 1.07. The van der Waals surface area contributed by atoms with E-state index in [9.17, 15) is 0 Å². The van der Waals surface area contributed by atoms with Crippen molar-refractivity contribution in [2.75, 3.05) is 6.61 Å². The average molecular weight is 321 g/mol. The van der Waals surface area contributed by atoms with Gasteiger partial charge < -0.3 is 9.84 Å². The van der Waals surface area contributed by atoms with Crippen LogP contribution in [0.5, 0.6) is 5.75 Å². The van der Waals surface area contributed by atoms with Gasteiger partial charge in [0.2, 0.25) is 0 Å². The Morgan fingerprint density at radius 3 is 2.71 bits per heavy atom. The van der Waals surface area contributed by atoms with Gasteiger partial charge in [0, 0.05) is 12.0 Å². The maximum Gasteiger partial charge on any atom is 0.169 e. The first kappa shape index (κ1) is 14.3. The number of ether oxygens (including phenoxy) is 1. The molecule has 0 unspecified atom stereocenters. The lowest BCUT2D eigenvalue weighted by molar-refractivity contribution is 0.294. The van der Waals surface area contributed by atoms with Crippen LogP contribution in [0, 0.1) is 0 Å². The summed E-state index contributed by atoms with van der Waals surface area (Å²) in [6.45, 7) is 0.417. The van der Waals surface area contributed by atoms with Gasteiger partial charge in [-0.15, -0.1) is 11.3 Å². The molecule has 0 saturated carbocycles. The molecule has 0 fully saturated rings. The molecule has 3 aromatic rings. The third-order valence-corrected chi connectivity index (χ3v) is 4.11. The molecule has 1 N–H and O–H groups in total. The first-order valence-corrected chi connectivity index (χ1v) is 7.74. The highest BCUT2D eigenvalue weighted by Gasteiger charge is 2.07. The topological polar surface area (TPSA) is 55.2 Å². The van der Waals surface area contributed by atoms with Crippen molar-refractivity contribution in [3.05, 3.63) is 52.3 Å². The molecule has 2 heterocycles. The fourth-order valence-corrected chi connectivity index (χ4v) is 3.04. The van der Waals surface area contributed by atoms with Crippen LogP contribution in [0.2, 0.25) is 5.15 Å². The van der Waals surface area contributed by atoms with Crippen LogP contribution in [-0.2, 0) is 13.0 Å². The Bertz CT molecular complexity index is 743. The Morgan fingerprint density at radius 1 is 1.14 bits per heavy atom. The zero-order valence-corrected chi connectivity index (χ0v) is 12.7. The third-order valence-electron chi connectivity index (χ3n) is 3.02. The predicted octanol–water partition coefficient (Wildman–Crippen LogP) is 3.46. The van der Waals surface area contributed by atoms with Gasteiger partial charge in [-0.05, 0) is 35.6 Å². The van der Waals surface area contributed by atoms with Gasteiger partial charge in [0.15, 0.2) is 5.82 Å². The highest BCUT2D eigenvalue weighted by atomic mass is 35.5. The molecular formula is C15H13ClN2O2S. The Labute approximate surface area is 131 Å². The largest absolute Gasteiger partial charge is 0.486 e. The molecule has 6 heteroatoms. The van der Waals surface area contributed by atoms with E-state index in [4.69, 9.17) is 21.4 Å². The number of hydrogen-bond donors (Lipinski definition) is 1. The second-order valence-electron chi connectivity index (χ2n) is 4.48. The predicted molar refractivity (Wildman–Crippen MR) is 84.0 cm³/mol. The van der Waals surface area contributed by atoms with Crippen LogP contribution in [0.15, 0.2) is 35.7 Å². The number of fused-ring (bicyclic) bond motifs is 1. The second-order valence-corrected chi connectivity index (χ2v) is 5.73. The van der Waals surface area contributed by atoms with Gasteiger partial charge in [0.25, 0.3) is 0 Å². The number of thiophene rings is 1. The molecule has 108 valence electrons. The lowest BCUT2D eigenvalue weighted by Crippen LogP contribution is -2.01. The SMILES string of the molecule is OCCc1ccc(OCc2nc(Cl)c3ccsc3n2)cc1. The van der Waals surface area contributed by atoms with E-state index >= 15 is 0 Å². The first-order valence-electron chi connectivity index (χ1n) is 6.48. The first-order chi connectivity index (χ1) is 10.3. The van der Waals surface area contributed by atoms with Gasteiger partial charge in [0.05, 0.1) is 0 Å². The molecule has 0 aliphatic carbocycles. The number of aliphatic hydroxyl groups excluding tert-OH is 1. The number of rotatable bonds is 5. The van der Waals surface area contributed by atoms with Gasteiger partial charge in [-0.25, -0.2) is 9.97 Å². The molecule has 21 heavy (non-hydrogen) atoms. The summed E-state index contributed by atoms with van der Waals surface area (Å²) in [5.74, 6) is 1.30. The van der Waals surface area contributed by atoms with Crippen molar-refractivity contribution >= 4 is 33.2 Å².